The van der Waals surface area contributed by atoms with Crippen molar-refractivity contribution in [2.24, 2.45) is 11.8 Å². The molecule has 1 aromatic carbocycles. The van der Waals surface area contributed by atoms with Crippen LogP contribution in [-0.2, 0) is 19.6 Å². The molecule has 0 saturated heterocycles. The van der Waals surface area contributed by atoms with Gasteiger partial charge in [0.25, 0.3) is 0 Å². The van der Waals surface area contributed by atoms with Crippen molar-refractivity contribution >= 4 is 27.6 Å². The standard InChI is InChI=1S/C17H24N2O5S/c1-11(2)19-25(23,24)13-9-7-12(8-10-13)18-16(20)14-5-3-4-6-15(14)17(21)22/h7-11,14-15,19H,3-6H2,1-2H3,(H,18,20)(H,21,22)/p-1/t14-,15-/m0/s1. The maximum Gasteiger partial charge on any atom is 0.240 e. The Hall–Kier alpha value is -1.93. The van der Waals surface area contributed by atoms with Gasteiger partial charge in [-0.2, -0.15) is 0 Å². The van der Waals surface area contributed by atoms with E-state index in [0.717, 1.165) is 12.8 Å². The van der Waals surface area contributed by atoms with Gasteiger partial charge in [-0.3, -0.25) is 4.79 Å². The van der Waals surface area contributed by atoms with Gasteiger partial charge in [0, 0.05) is 29.5 Å². The molecule has 1 amide bonds. The third kappa shape index (κ3) is 5.02. The van der Waals surface area contributed by atoms with Gasteiger partial charge in [0.05, 0.1) is 4.90 Å². The number of carboxylic acid groups (broad SMARTS) is 1. The van der Waals surface area contributed by atoms with E-state index in [0.29, 0.717) is 18.5 Å². The molecule has 1 fully saturated rings. The first kappa shape index (κ1) is 19.4. The molecule has 0 unspecified atom stereocenters. The highest BCUT2D eigenvalue weighted by molar-refractivity contribution is 7.89. The quantitative estimate of drug-likeness (QED) is 0.774. The molecule has 2 N–H and O–H groups in total. The monoisotopic (exact) mass is 367 g/mol. The topological polar surface area (TPSA) is 115 Å². The molecule has 0 bridgehead atoms. The number of carboxylic acids is 1. The van der Waals surface area contributed by atoms with Gasteiger partial charge in [-0.05, 0) is 51.0 Å². The summed E-state index contributed by atoms with van der Waals surface area (Å²) in [5, 5.41) is 13.9. The molecule has 0 spiro atoms. The van der Waals surface area contributed by atoms with Crippen molar-refractivity contribution < 1.29 is 23.1 Å². The second kappa shape index (κ2) is 7.97. The molecular formula is C17H23N2O5S-. The minimum absolute atomic E-state index is 0.101. The molecule has 1 aliphatic rings. The van der Waals surface area contributed by atoms with Crippen LogP contribution in [0.5, 0.6) is 0 Å². The summed E-state index contributed by atoms with van der Waals surface area (Å²) in [7, 11) is -3.59. The Balaban J connectivity index is 2.08. The van der Waals surface area contributed by atoms with E-state index in [4.69, 9.17) is 0 Å². The zero-order valence-corrected chi connectivity index (χ0v) is 15.1. The lowest BCUT2D eigenvalue weighted by Gasteiger charge is -2.31. The maximum absolute atomic E-state index is 12.4. The molecule has 138 valence electrons. The Bertz CT molecular complexity index is 728. The number of nitrogens with one attached hydrogen (secondary N) is 2. The van der Waals surface area contributed by atoms with Crippen molar-refractivity contribution in [3.63, 3.8) is 0 Å². The molecule has 2 rings (SSSR count). The van der Waals surface area contributed by atoms with E-state index in [1.54, 1.807) is 13.8 Å². The summed E-state index contributed by atoms with van der Waals surface area (Å²) in [6.45, 7) is 3.45. The number of carbonyl (C=O) groups excluding carboxylic acids is 2. The molecule has 1 aromatic rings. The second-order valence-electron chi connectivity index (χ2n) is 6.61. The van der Waals surface area contributed by atoms with Crippen molar-refractivity contribution in [2.75, 3.05) is 5.32 Å². The molecule has 0 heterocycles. The Kier molecular flexibility index (Phi) is 6.18. The summed E-state index contributed by atoms with van der Waals surface area (Å²) >= 11 is 0. The van der Waals surface area contributed by atoms with E-state index in [9.17, 15) is 23.1 Å². The summed E-state index contributed by atoms with van der Waals surface area (Å²) in [5.41, 5.74) is 0.427. The van der Waals surface area contributed by atoms with Gasteiger partial charge in [0.2, 0.25) is 15.9 Å². The van der Waals surface area contributed by atoms with Crippen LogP contribution in [0.1, 0.15) is 39.5 Å². The number of benzene rings is 1. The lowest BCUT2D eigenvalue weighted by molar-refractivity contribution is -0.313. The van der Waals surface area contributed by atoms with E-state index >= 15 is 0 Å². The zero-order valence-electron chi connectivity index (χ0n) is 14.3. The average Bonchev–Trinajstić information content (AvgIpc) is 2.54. The van der Waals surface area contributed by atoms with Gasteiger partial charge >= 0.3 is 0 Å². The molecular weight excluding hydrogens is 344 g/mol. The van der Waals surface area contributed by atoms with Crippen LogP contribution < -0.4 is 15.1 Å². The summed E-state index contributed by atoms with van der Waals surface area (Å²) in [5.74, 6) is -2.96. The van der Waals surface area contributed by atoms with Crippen LogP contribution >= 0.6 is 0 Å². The lowest BCUT2D eigenvalue weighted by Crippen LogP contribution is -2.42. The maximum atomic E-state index is 12.4. The number of hydrogen-bond acceptors (Lipinski definition) is 5. The largest absolute Gasteiger partial charge is 0.550 e. The first-order chi connectivity index (χ1) is 11.7. The third-order valence-corrected chi connectivity index (χ3v) is 5.90. The first-order valence-electron chi connectivity index (χ1n) is 8.35. The zero-order chi connectivity index (χ0) is 18.6. The molecule has 2 atom stereocenters. The molecule has 8 heteroatoms. The van der Waals surface area contributed by atoms with Crippen LogP contribution in [0.25, 0.3) is 0 Å². The number of anilines is 1. The molecule has 0 aromatic heterocycles. The highest BCUT2D eigenvalue weighted by Crippen LogP contribution is 2.30. The van der Waals surface area contributed by atoms with Gasteiger partial charge in [-0.25, -0.2) is 13.1 Å². The number of hydrogen-bond donors (Lipinski definition) is 2. The summed E-state index contributed by atoms with van der Waals surface area (Å²) in [4.78, 5) is 23.7. The lowest BCUT2D eigenvalue weighted by atomic mass is 9.78. The van der Waals surface area contributed by atoms with Crippen molar-refractivity contribution in [1.29, 1.82) is 0 Å². The van der Waals surface area contributed by atoms with Crippen LogP contribution in [0, 0.1) is 11.8 Å². The fourth-order valence-electron chi connectivity index (χ4n) is 3.06. The van der Waals surface area contributed by atoms with Crippen LogP contribution in [0.2, 0.25) is 0 Å². The third-order valence-electron chi connectivity index (χ3n) is 4.23. The minimum atomic E-state index is -3.59. The molecule has 1 aliphatic carbocycles. The molecule has 25 heavy (non-hydrogen) atoms. The minimum Gasteiger partial charge on any atom is -0.550 e. The Labute approximate surface area is 147 Å². The van der Waals surface area contributed by atoms with E-state index in [1.807, 2.05) is 0 Å². The second-order valence-corrected chi connectivity index (χ2v) is 8.32. The number of carbonyl (C=O) groups is 2. The van der Waals surface area contributed by atoms with Crippen LogP contribution in [-0.4, -0.2) is 26.3 Å². The molecule has 0 aliphatic heterocycles. The highest BCUT2D eigenvalue weighted by Gasteiger charge is 2.31. The summed E-state index contributed by atoms with van der Waals surface area (Å²) in [6.07, 6.45) is 2.53. The molecule has 1 saturated carbocycles. The van der Waals surface area contributed by atoms with Crippen molar-refractivity contribution in [1.82, 2.24) is 4.72 Å². The van der Waals surface area contributed by atoms with Crippen molar-refractivity contribution in [3.8, 4) is 0 Å². The van der Waals surface area contributed by atoms with E-state index in [1.165, 1.54) is 24.3 Å². The van der Waals surface area contributed by atoms with Crippen molar-refractivity contribution in [2.45, 2.75) is 50.5 Å². The Morgan fingerprint density at radius 1 is 1.08 bits per heavy atom. The highest BCUT2D eigenvalue weighted by atomic mass is 32.2. The van der Waals surface area contributed by atoms with Crippen LogP contribution in [0.15, 0.2) is 29.2 Å². The average molecular weight is 367 g/mol. The van der Waals surface area contributed by atoms with Gasteiger partial charge < -0.3 is 15.2 Å². The SMILES string of the molecule is CC(C)NS(=O)(=O)c1ccc(NC(=O)[C@H]2CCCC[C@@H]2C(=O)[O-])cc1. The van der Waals surface area contributed by atoms with Crippen molar-refractivity contribution in [3.05, 3.63) is 24.3 Å². The van der Waals surface area contributed by atoms with Crippen LogP contribution in [0.3, 0.4) is 0 Å². The molecule has 0 radical (unpaired) electrons. The van der Waals surface area contributed by atoms with Gasteiger partial charge in [0.1, 0.15) is 0 Å². The molecule has 7 nitrogen and oxygen atoms in total. The van der Waals surface area contributed by atoms with Gasteiger partial charge in [-0.1, -0.05) is 12.8 Å². The fraction of sp³-hybridized carbons (Fsp3) is 0.529. The summed E-state index contributed by atoms with van der Waals surface area (Å²) < 4.78 is 26.6. The number of sulfonamides is 1. The Morgan fingerprint density at radius 2 is 1.64 bits per heavy atom. The fourth-order valence-corrected chi connectivity index (χ4v) is 4.31. The first-order valence-corrected chi connectivity index (χ1v) is 9.83. The Morgan fingerprint density at radius 3 is 2.16 bits per heavy atom. The van der Waals surface area contributed by atoms with Gasteiger partial charge in [0.15, 0.2) is 0 Å². The number of amides is 1. The van der Waals surface area contributed by atoms with Crippen LogP contribution in [0.4, 0.5) is 5.69 Å². The normalized spacial score (nSPS) is 21.1. The predicted molar refractivity (Wildman–Crippen MR) is 91.0 cm³/mol. The predicted octanol–water partition coefficient (Wildman–Crippen LogP) is 0.868. The number of aliphatic carboxylic acids is 1. The number of rotatable bonds is 6. The van der Waals surface area contributed by atoms with E-state index in [2.05, 4.69) is 10.0 Å². The summed E-state index contributed by atoms with van der Waals surface area (Å²) in [6, 6.07) is 5.56. The van der Waals surface area contributed by atoms with E-state index < -0.39 is 27.8 Å². The van der Waals surface area contributed by atoms with Gasteiger partial charge in [-0.15, -0.1) is 0 Å². The smallest absolute Gasteiger partial charge is 0.240 e. The van der Waals surface area contributed by atoms with E-state index in [-0.39, 0.29) is 16.8 Å².